The maximum atomic E-state index is 10.4. The molecule has 0 aromatic heterocycles. The summed E-state index contributed by atoms with van der Waals surface area (Å²) in [5.41, 5.74) is 2.46. The fraction of sp³-hybridized carbons (Fsp3) is 0.586. The third-order valence-electron chi connectivity index (χ3n) is 6.22. The first-order chi connectivity index (χ1) is 15.8. The Morgan fingerprint density at radius 3 is 1.85 bits per heavy atom. The minimum absolute atomic E-state index is 0.0393. The highest BCUT2D eigenvalue weighted by Crippen LogP contribution is 2.33. The molecule has 2 aromatic rings. The second-order valence-corrected chi connectivity index (χ2v) is 11.9. The van der Waals surface area contributed by atoms with Gasteiger partial charge in [-0.2, -0.15) is 0 Å². The van der Waals surface area contributed by atoms with Crippen molar-refractivity contribution in [3.05, 3.63) is 59.7 Å². The van der Waals surface area contributed by atoms with Gasteiger partial charge in [0.2, 0.25) is 0 Å². The van der Waals surface area contributed by atoms with Crippen molar-refractivity contribution in [1.29, 1.82) is 0 Å². The Labute approximate surface area is 205 Å². The van der Waals surface area contributed by atoms with Crippen molar-refractivity contribution in [1.82, 2.24) is 5.32 Å². The lowest BCUT2D eigenvalue weighted by Crippen LogP contribution is -2.46. The van der Waals surface area contributed by atoms with Crippen LogP contribution < -0.4 is 14.8 Å². The zero-order valence-electron chi connectivity index (χ0n) is 22.0. The topological polar surface area (TPSA) is 63.2 Å². The molecule has 0 amide bonds. The van der Waals surface area contributed by atoms with E-state index < -0.39 is 6.10 Å². The van der Waals surface area contributed by atoms with Crippen molar-refractivity contribution in [2.75, 3.05) is 26.4 Å². The number of aliphatic hydroxyl groups excluding tert-OH is 1. The van der Waals surface area contributed by atoms with Crippen molar-refractivity contribution in [3.63, 3.8) is 0 Å². The van der Waals surface area contributed by atoms with Gasteiger partial charge in [-0.15, -0.1) is 0 Å². The van der Waals surface area contributed by atoms with Crippen LogP contribution in [0.25, 0.3) is 0 Å². The molecule has 5 heteroatoms. The maximum Gasteiger partial charge on any atom is 0.119 e. The molecule has 34 heavy (non-hydrogen) atoms. The first kappa shape index (κ1) is 26.5. The average molecular weight is 470 g/mol. The summed E-state index contributed by atoms with van der Waals surface area (Å²) in [5.74, 6) is 1.63. The standard InChI is InChI=1S/C29H43NO4/c1-27(2,3)20-28(4,5)30-16-23(31)17-32-24-12-8-21(9-13-24)29(6,7)22-10-14-25(15-11-22)33-18-26-19-34-26/h8-15,23,26,30-31H,16-20H2,1-7H3. The van der Waals surface area contributed by atoms with Gasteiger partial charge in [-0.1, -0.05) is 58.9 Å². The number of rotatable bonds is 12. The van der Waals surface area contributed by atoms with Crippen LogP contribution in [0.1, 0.15) is 66.0 Å². The summed E-state index contributed by atoms with van der Waals surface area (Å²) < 4.78 is 16.8. The zero-order valence-corrected chi connectivity index (χ0v) is 22.0. The van der Waals surface area contributed by atoms with Crippen molar-refractivity contribution in [2.24, 2.45) is 5.41 Å². The van der Waals surface area contributed by atoms with Gasteiger partial charge in [0, 0.05) is 17.5 Å². The van der Waals surface area contributed by atoms with Crippen LogP contribution in [0.15, 0.2) is 48.5 Å². The van der Waals surface area contributed by atoms with E-state index in [1.54, 1.807) is 0 Å². The maximum absolute atomic E-state index is 10.4. The Morgan fingerprint density at radius 1 is 0.882 bits per heavy atom. The van der Waals surface area contributed by atoms with E-state index >= 15 is 0 Å². The van der Waals surface area contributed by atoms with Gasteiger partial charge in [-0.25, -0.2) is 0 Å². The molecule has 0 aliphatic carbocycles. The van der Waals surface area contributed by atoms with E-state index in [0.717, 1.165) is 24.5 Å². The summed E-state index contributed by atoms with van der Waals surface area (Å²) in [7, 11) is 0. The number of β-amino-alcohol motifs (C(OH)–C–C–N with tert-alkyl or cyclic N) is 1. The smallest absolute Gasteiger partial charge is 0.119 e. The molecule has 1 saturated heterocycles. The molecule has 3 rings (SSSR count). The van der Waals surface area contributed by atoms with E-state index in [4.69, 9.17) is 14.2 Å². The Hall–Kier alpha value is -2.08. The molecule has 2 unspecified atom stereocenters. The molecular weight excluding hydrogens is 426 g/mol. The minimum Gasteiger partial charge on any atom is -0.491 e. The van der Waals surface area contributed by atoms with Gasteiger partial charge in [0.05, 0.1) is 6.61 Å². The van der Waals surface area contributed by atoms with Crippen LogP contribution in [0, 0.1) is 5.41 Å². The molecule has 1 aliphatic rings. The van der Waals surface area contributed by atoms with Crippen LogP contribution in [0.5, 0.6) is 11.5 Å². The van der Waals surface area contributed by atoms with Crippen LogP contribution >= 0.6 is 0 Å². The first-order valence-electron chi connectivity index (χ1n) is 12.4. The van der Waals surface area contributed by atoms with E-state index in [9.17, 15) is 5.11 Å². The highest BCUT2D eigenvalue weighted by Gasteiger charge is 2.26. The van der Waals surface area contributed by atoms with Crippen molar-refractivity contribution >= 4 is 0 Å². The third-order valence-corrected chi connectivity index (χ3v) is 6.22. The quantitative estimate of drug-likeness (QED) is 0.411. The summed E-state index contributed by atoms with van der Waals surface area (Å²) in [4.78, 5) is 0. The van der Waals surface area contributed by atoms with Gasteiger partial charge in [0.15, 0.2) is 0 Å². The normalized spacial score (nSPS) is 17.4. The van der Waals surface area contributed by atoms with E-state index in [0.29, 0.717) is 13.2 Å². The van der Waals surface area contributed by atoms with Gasteiger partial charge in [0.1, 0.15) is 36.9 Å². The lowest BCUT2D eigenvalue weighted by molar-refractivity contribution is 0.0944. The molecule has 0 saturated carbocycles. The monoisotopic (exact) mass is 469 g/mol. The Bertz CT molecular complexity index is 893. The summed E-state index contributed by atoms with van der Waals surface area (Å²) >= 11 is 0. The third kappa shape index (κ3) is 8.30. The molecule has 5 nitrogen and oxygen atoms in total. The van der Waals surface area contributed by atoms with E-state index in [1.807, 2.05) is 24.3 Å². The summed E-state index contributed by atoms with van der Waals surface area (Å²) in [5, 5.41) is 13.9. The largest absolute Gasteiger partial charge is 0.491 e. The second-order valence-electron chi connectivity index (χ2n) is 11.9. The fourth-order valence-corrected chi connectivity index (χ4v) is 4.49. The number of hydrogen-bond donors (Lipinski definition) is 2. The molecule has 0 bridgehead atoms. The SMILES string of the molecule is CC(C)(C)CC(C)(C)NCC(O)COc1ccc(C(C)(C)c2ccc(OCC3CO3)cc2)cc1. The molecular formula is C29H43NO4. The molecule has 188 valence electrons. The summed E-state index contributed by atoms with van der Waals surface area (Å²) in [6, 6.07) is 16.4. The van der Waals surface area contributed by atoms with Gasteiger partial charge in [0.25, 0.3) is 0 Å². The van der Waals surface area contributed by atoms with Crippen LogP contribution in [0.4, 0.5) is 0 Å². The van der Waals surface area contributed by atoms with E-state index in [1.165, 1.54) is 11.1 Å². The van der Waals surface area contributed by atoms with Crippen molar-refractivity contribution < 1.29 is 19.3 Å². The minimum atomic E-state index is -0.567. The number of nitrogens with one attached hydrogen (secondary N) is 1. The fourth-order valence-electron chi connectivity index (χ4n) is 4.49. The van der Waals surface area contributed by atoms with E-state index in [2.05, 4.69) is 78.0 Å². The Morgan fingerprint density at radius 2 is 1.38 bits per heavy atom. The molecule has 2 N–H and O–H groups in total. The van der Waals surface area contributed by atoms with E-state index in [-0.39, 0.29) is 29.1 Å². The average Bonchev–Trinajstić information content (AvgIpc) is 3.58. The van der Waals surface area contributed by atoms with Gasteiger partial charge < -0.3 is 24.6 Å². The molecule has 0 spiro atoms. The van der Waals surface area contributed by atoms with Gasteiger partial charge >= 0.3 is 0 Å². The number of epoxide rings is 1. The Kier molecular flexibility index (Phi) is 8.33. The van der Waals surface area contributed by atoms with Crippen LogP contribution in [0.3, 0.4) is 0 Å². The lowest BCUT2D eigenvalue weighted by Gasteiger charge is -2.34. The predicted octanol–water partition coefficient (Wildman–Crippen LogP) is 5.33. The van der Waals surface area contributed by atoms with Gasteiger partial charge in [-0.05, 0) is 61.1 Å². The molecule has 2 aromatic carbocycles. The molecule has 1 heterocycles. The van der Waals surface area contributed by atoms with Crippen LogP contribution in [0.2, 0.25) is 0 Å². The Balaban J connectivity index is 1.49. The number of aliphatic hydroxyl groups is 1. The number of hydrogen-bond acceptors (Lipinski definition) is 5. The first-order valence-corrected chi connectivity index (χ1v) is 12.4. The van der Waals surface area contributed by atoms with Crippen molar-refractivity contribution in [3.8, 4) is 11.5 Å². The molecule has 2 atom stereocenters. The highest BCUT2D eigenvalue weighted by molar-refractivity contribution is 5.41. The molecule has 0 radical (unpaired) electrons. The van der Waals surface area contributed by atoms with Crippen molar-refractivity contribution in [2.45, 2.75) is 78.0 Å². The van der Waals surface area contributed by atoms with Crippen LogP contribution in [-0.4, -0.2) is 49.2 Å². The predicted molar refractivity (Wildman–Crippen MR) is 138 cm³/mol. The second kappa shape index (κ2) is 10.7. The highest BCUT2D eigenvalue weighted by atomic mass is 16.6. The van der Waals surface area contributed by atoms with Crippen LogP contribution in [-0.2, 0) is 10.2 Å². The zero-order chi connectivity index (χ0) is 25.0. The molecule has 1 fully saturated rings. The summed E-state index contributed by atoms with van der Waals surface area (Å²) in [6.07, 6.45) is 0.716. The number of benzene rings is 2. The lowest BCUT2D eigenvalue weighted by atomic mass is 9.78. The van der Waals surface area contributed by atoms with Gasteiger partial charge in [-0.3, -0.25) is 0 Å². The summed E-state index contributed by atoms with van der Waals surface area (Å²) in [6.45, 7) is 17.7. The molecule has 1 aliphatic heterocycles. The number of ether oxygens (including phenoxy) is 3.